The molecule has 1 aromatic rings. The van der Waals surface area contributed by atoms with E-state index in [4.69, 9.17) is 16.3 Å². The zero-order valence-electron chi connectivity index (χ0n) is 11.0. The van der Waals surface area contributed by atoms with E-state index in [1.165, 1.54) is 19.3 Å². The molecule has 2 aliphatic carbocycles. The van der Waals surface area contributed by atoms with Crippen molar-refractivity contribution >= 4 is 23.2 Å². The lowest BCUT2D eigenvalue weighted by Gasteiger charge is -2.20. The second kappa shape index (κ2) is 5.04. The molecule has 3 atom stereocenters. The third-order valence-electron chi connectivity index (χ3n) is 4.49. The molecule has 1 amide bonds. The summed E-state index contributed by atoms with van der Waals surface area (Å²) in [5.74, 6) is 2.34. The summed E-state index contributed by atoms with van der Waals surface area (Å²) in [6.07, 6.45) is 4.82. The van der Waals surface area contributed by atoms with Crippen molar-refractivity contribution in [2.45, 2.75) is 25.7 Å². The third kappa shape index (κ3) is 2.44. The van der Waals surface area contributed by atoms with Gasteiger partial charge in [-0.15, -0.1) is 0 Å². The van der Waals surface area contributed by atoms with Crippen molar-refractivity contribution in [3.63, 3.8) is 0 Å². The molecule has 19 heavy (non-hydrogen) atoms. The van der Waals surface area contributed by atoms with Gasteiger partial charge in [-0.05, 0) is 49.3 Å². The summed E-state index contributed by atoms with van der Waals surface area (Å²) in [5.41, 5.74) is 0.749. The number of nitrogens with one attached hydrogen (secondary N) is 1. The molecular weight excluding hydrogens is 262 g/mol. The molecule has 3 unspecified atom stereocenters. The first-order valence-electron chi connectivity index (χ1n) is 6.82. The Balaban J connectivity index is 1.68. The Morgan fingerprint density at radius 3 is 2.79 bits per heavy atom. The average Bonchev–Trinajstić information content (AvgIpc) is 3.01. The van der Waals surface area contributed by atoms with E-state index in [0.29, 0.717) is 16.7 Å². The fourth-order valence-electron chi connectivity index (χ4n) is 3.54. The van der Waals surface area contributed by atoms with Gasteiger partial charge >= 0.3 is 0 Å². The molecule has 2 bridgehead atoms. The van der Waals surface area contributed by atoms with Crippen LogP contribution in [0, 0.1) is 17.8 Å². The molecule has 0 heterocycles. The number of fused-ring (bicyclic) bond motifs is 2. The van der Waals surface area contributed by atoms with E-state index in [9.17, 15) is 4.79 Å². The summed E-state index contributed by atoms with van der Waals surface area (Å²) in [7, 11) is 1.58. The summed E-state index contributed by atoms with van der Waals surface area (Å²) >= 11 is 6.06. The molecule has 0 radical (unpaired) electrons. The van der Waals surface area contributed by atoms with Crippen LogP contribution in [0.25, 0.3) is 0 Å². The normalized spacial score (nSPS) is 28.4. The Kier molecular flexibility index (Phi) is 3.40. The Labute approximate surface area is 118 Å². The second-order valence-corrected chi connectivity index (χ2v) is 6.03. The van der Waals surface area contributed by atoms with Crippen LogP contribution in [0.4, 0.5) is 5.69 Å². The maximum absolute atomic E-state index is 12.3. The number of hydrogen-bond acceptors (Lipinski definition) is 2. The molecule has 4 heteroatoms. The predicted octanol–water partition coefficient (Wildman–Crippen LogP) is 3.72. The van der Waals surface area contributed by atoms with Crippen molar-refractivity contribution in [3.05, 3.63) is 23.2 Å². The Morgan fingerprint density at radius 2 is 2.21 bits per heavy atom. The summed E-state index contributed by atoms with van der Waals surface area (Å²) in [6.45, 7) is 0. The molecule has 2 aliphatic rings. The Morgan fingerprint density at radius 1 is 1.37 bits per heavy atom. The van der Waals surface area contributed by atoms with Gasteiger partial charge < -0.3 is 10.1 Å². The lowest BCUT2D eigenvalue weighted by Crippen LogP contribution is -2.27. The zero-order chi connectivity index (χ0) is 13.4. The molecule has 0 saturated heterocycles. The molecule has 3 nitrogen and oxygen atoms in total. The van der Waals surface area contributed by atoms with Crippen LogP contribution < -0.4 is 10.1 Å². The van der Waals surface area contributed by atoms with Gasteiger partial charge in [-0.3, -0.25) is 4.79 Å². The molecule has 2 saturated carbocycles. The highest BCUT2D eigenvalue weighted by atomic mass is 35.5. The standard InChI is InChI=1S/C15H18ClNO2/c1-19-14-5-4-11(8-13(14)16)17-15(18)12-7-9-2-3-10(12)6-9/h4-5,8-10,12H,2-3,6-7H2,1H3,(H,17,18). The van der Waals surface area contributed by atoms with Gasteiger partial charge in [0, 0.05) is 11.6 Å². The van der Waals surface area contributed by atoms with E-state index in [0.717, 1.165) is 18.0 Å². The molecule has 102 valence electrons. The topological polar surface area (TPSA) is 38.3 Å². The number of carbonyl (C=O) groups is 1. The van der Waals surface area contributed by atoms with Crippen LogP contribution in [0.5, 0.6) is 5.75 Å². The minimum Gasteiger partial charge on any atom is -0.495 e. The molecule has 3 rings (SSSR count). The van der Waals surface area contributed by atoms with Gasteiger partial charge in [-0.2, -0.15) is 0 Å². The van der Waals surface area contributed by atoms with E-state index in [-0.39, 0.29) is 11.8 Å². The quantitative estimate of drug-likeness (QED) is 0.916. The Bertz CT molecular complexity index is 503. The van der Waals surface area contributed by atoms with Gasteiger partial charge in [0.05, 0.1) is 12.1 Å². The molecule has 1 aromatic carbocycles. The van der Waals surface area contributed by atoms with Gasteiger partial charge in [0.1, 0.15) is 5.75 Å². The van der Waals surface area contributed by atoms with Crippen LogP contribution in [-0.2, 0) is 4.79 Å². The number of benzene rings is 1. The van der Waals surface area contributed by atoms with Gasteiger partial charge in [0.25, 0.3) is 0 Å². The number of anilines is 1. The van der Waals surface area contributed by atoms with Gasteiger partial charge in [0.15, 0.2) is 0 Å². The Hall–Kier alpha value is -1.22. The minimum absolute atomic E-state index is 0.147. The number of hydrogen-bond donors (Lipinski definition) is 1. The molecular formula is C15H18ClNO2. The van der Waals surface area contributed by atoms with Crippen molar-refractivity contribution in [3.8, 4) is 5.75 Å². The fourth-order valence-corrected chi connectivity index (χ4v) is 3.80. The van der Waals surface area contributed by atoms with Crippen molar-refractivity contribution in [1.29, 1.82) is 0 Å². The number of rotatable bonds is 3. The van der Waals surface area contributed by atoms with Gasteiger partial charge in [-0.1, -0.05) is 18.0 Å². The third-order valence-corrected chi connectivity index (χ3v) is 4.79. The van der Waals surface area contributed by atoms with Crippen molar-refractivity contribution in [2.24, 2.45) is 17.8 Å². The second-order valence-electron chi connectivity index (χ2n) is 5.62. The fraction of sp³-hybridized carbons (Fsp3) is 0.533. The van der Waals surface area contributed by atoms with E-state index in [1.807, 2.05) is 6.07 Å². The first-order chi connectivity index (χ1) is 9.17. The van der Waals surface area contributed by atoms with Crippen LogP contribution in [0.2, 0.25) is 5.02 Å². The minimum atomic E-state index is 0.147. The van der Waals surface area contributed by atoms with E-state index in [2.05, 4.69) is 5.32 Å². The first-order valence-corrected chi connectivity index (χ1v) is 7.19. The highest BCUT2D eigenvalue weighted by Crippen LogP contribution is 2.48. The van der Waals surface area contributed by atoms with Crippen LogP contribution >= 0.6 is 11.6 Å². The average molecular weight is 280 g/mol. The summed E-state index contributed by atoms with van der Waals surface area (Å²) in [4.78, 5) is 12.3. The zero-order valence-corrected chi connectivity index (χ0v) is 11.7. The molecule has 0 spiro atoms. The lowest BCUT2D eigenvalue weighted by molar-refractivity contribution is -0.121. The molecule has 0 aromatic heterocycles. The monoisotopic (exact) mass is 279 g/mol. The summed E-state index contributed by atoms with van der Waals surface area (Å²) in [5, 5.41) is 3.50. The maximum Gasteiger partial charge on any atom is 0.227 e. The SMILES string of the molecule is COc1ccc(NC(=O)C2CC3CCC2C3)cc1Cl. The van der Waals surface area contributed by atoms with Gasteiger partial charge in [0.2, 0.25) is 5.91 Å². The van der Waals surface area contributed by atoms with Crippen molar-refractivity contribution < 1.29 is 9.53 Å². The smallest absolute Gasteiger partial charge is 0.227 e. The van der Waals surface area contributed by atoms with E-state index >= 15 is 0 Å². The van der Waals surface area contributed by atoms with Crippen molar-refractivity contribution in [1.82, 2.24) is 0 Å². The molecule has 2 fully saturated rings. The largest absolute Gasteiger partial charge is 0.495 e. The van der Waals surface area contributed by atoms with Crippen LogP contribution in [0.15, 0.2) is 18.2 Å². The highest BCUT2D eigenvalue weighted by molar-refractivity contribution is 6.32. The van der Waals surface area contributed by atoms with Gasteiger partial charge in [-0.25, -0.2) is 0 Å². The number of ether oxygens (including phenoxy) is 1. The van der Waals surface area contributed by atoms with Crippen LogP contribution in [-0.4, -0.2) is 13.0 Å². The van der Waals surface area contributed by atoms with E-state index in [1.54, 1.807) is 19.2 Å². The molecule has 1 N–H and O–H groups in total. The predicted molar refractivity (Wildman–Crippen MR) is 75.6 cm³/mol. The van der Waals surface area contributed by atoms with Crippen LogP contribution in [0.1, 0.15) is 25.7 Å². The molecule has 0 aliphatic heterocycles. The van der Waals surface area contributed by atoms with Crippen LogP contribution in [0.3, 0.4) is 0 Å². The summed E-state index contributed by atoms with van der Waals surface area (Å²) < 4.78 is 5.10. The summed E-state index contributed by atoms with van der Waals surface area (Å²) in [6, 6.07) is 5.35. The number of methoxy groups -OCH3 is 1. The van der Waals surface area contributed by atoms with E-state index < -0.39 is 0 Å². The first kappa shape index (κ1) is 12.8. The highest BCUT2D eigenvalue weighted by Gasteiger charge is 2.42. The number of carbonyl (C=O) groups excluding carboxylic acids is 1. The van der Waals surface area contributed by atoms with Crippen molar-refractivity contribution in [2.75, 3.05) is 12.4 Å². The number of amides is 1. The maximum atomic E-state index is 12.3. The number of halogens is 1. The lowest BCUT2D eigenvalue weighted by atomic mass is 9.88.